The number of benzene rings is 3. The Balaban J connectivity index is 2.17. The van der Waals surface area contributed by atoms with Crippen molar-refractivity contribution in [3.8, 4) is 11.1 Å². The van der Waals surface area contributed by atoms with E-state index in [0.29, 0.717) is 0 Å². The van der Waals surface area contributed by atoms with Gasteiger partial charge in [-0.05, 0) is 24.6 Å². The molecule has 2 nitrogen and oxygen atoms in total. The van der Waals surface area contributed by atoms with Gasteiger partial charge in [-0.25, -0.2) is 0 Å². The van der Waals surface area contributed by atoms with Gasteiger partial charge in [0.1, 0.15) is 6.04 Å². The third-order valence-corrected chi connectivity index (χ3v) is 3.90. The molecule has 1 unspecified atom stereocenters. The van der Waals surface area contributed by atoms with Gasteiger partial charge in [0, 0.05) is 11.1 Å². The van der Waals surface area contributed by atoms with Crippen LogP contribution in [0.15, 0.2) is 88.8 Å². The molecule has 0 radical (unpaired) electrons. The Labute approximate surface area is 136 Å². The van der Waals surface area contributed by atoms with Gasteiger partial charge < -0.3 is 0 Å². The second-order valence-corrected chi connectivity index (χ2v) is 5.26. The molecule has 0 saturated heterocycles. The summed E-state index contributed by atoms with van der Waals surface area (Å²) in [5.41, 5.74) is 5.15. The molecule has 0 spiro atoms. The highest BCUT2D eigenvalue weighted by Crippen LogP contribution is 2.39. The monoisotopic (exact) mass is 298 g/mol. The minimum atomic E-state index is -0.152. The third kappa shape index (κ3) is 2.97. The van der Waals surface area contributed by atoms with Gasteiger partial charge >= 0.3 is 0 Å². The van der Waals surface area contributed by atoms with Crippen LogP contribution in [0.5, 0.6) is 0 Å². The lowest BCUT2D eigenvalue weighted by Gasteiger charge is -2.17. The molecule has 3 aromatic rings. The SMILES string of the molecule is C=Nc1c(-c2ccccc2)cccc1C(N=C)c1ccccc1. The smallest absolute Gasteiger partial charge is 0.101 e. The maximum atomic E-state index is 4.33. The highest BCUT2D eigenvalue weighted by molar-refractivity contribution is 5.80. The van der Waals surface area contributed by atoms with Crippen LogP contribution in [-0.4, -0.2) is 13.4 Å². The van der Waals surface area contributed by atoms with E-state index in [0.717, 1.165) is 27.9 Å². The van der Waals surface area contributed by atoms with E-state index in [1.54, 1.807) is 0 Å². The largest absolute Gasteiger partial charge is 0.288 e. The molecule has 0 aliphatic heterocycles. The van der Waals surface area contributed by atoms with Crippen LogP contribution in [-0.2, 0) is 0 Å². The van der Waals surface area contributed by atoms with Gasteiger partial charge in [-0.1, -0.05) is 78.9 Å². The highest BCUT2D eigenvalue weighted by Gasteiger charge is 2.18. The summed E-state index contributed by atoms with van der Waals surface area (Å²) in [4.78, 5) is 8.64. The van der Waals surface area contributed by atoms with E-state index in [1.807, 2.05) is 48.5 Å². The van der Waals surface area contributed by atoms with Crippen molar-refractivity contribution in [1.29, 1.82) is 0 Å². The summed E-state index contributed by atoms with van der Waals surface area (Å²) in [5.74, 6) is 0. The van der Waals surface area contributed by atoms with E-state index < -0.39 is 0 Å². The molecule has 0 fully saturated rings. The van der Waals surface area contributed by atoms with Crippen LogP contribution in [0.3, 0.4) is 0 Å². The Morgan fingerprint density at radius 2 is 1.35 bits per heavy atom. The van der Waals surface area contributed by atoms with Crippen molar-refractivity contribution in [3.05, 3.63) is 90.0 Å². The van der Waals surface area contributed by atoms with Gasteiger partial charge in [-0.2, -0.15) is 0 Å². The molecule has 0 saturated carbocycles. The fraction of sp³-hybridized carbons (Fsp3) is 0.0476. The number of hydrogen-bond acceptors (Lipinski definition) is 2. The zero-order valence-corrected chi connectivity index (χ0v) is 12.9. The summed E-state index contributed by atoms with van der Waals surface area (Å²) >= 11 is 0. The van der Waals surface area contributed by atoms with E-state index in [2.05, 4.69) is 53.8 Å². The number of nitrogens with zero attached hydrogens (tertiary/aromatic N) is 2. The van der Waals surface area contributed by atoms with Crippen molar-refractivity contribution in [1.82, 2.24) is 0 Å². The molecule has 0 aliphatic carbocycles. The molecule has 3 aromatic carbocycles. The van der Waals surface area contributed by atoms with Gasteiger partial charge in [0.25, 0.3) is 0 Å². The highest BCUT2D eigenvalue weighted by atomic mass is 14.8. The van der Waals surface area contributed by atoms with Crippen molar-refractivity contribution in [2.24, 2.45) is 9.98 Å². The number of aliphatic imine (C=N–C) groups is 2. The quantitative estimate of drug-likeness (QED) is 0.558. The molecular formula is C21H18N2. The molecule has 0 heterocycles. The van der Waals surface area contributed by atoms with Gasteiger partial charge in [0.2, 0.25) is 0 Å². The molecule has 1 atom stereocenters. The first kappa shape index (κ1) is 14.9. The van der Waals surface area contributed by atoms with Crippen LogP contribution in [0.2, 0.25) is 0 Å². The second kappa shape index (κ2) is 6.84. The Hall–Kier alpha value is -3.00. The summed E-state index contributed by atoms with van der Waals surface area (Å²) in [6.07, 6.45) is 0. The first-order chi connectivity index (χ1) is 11.3. The van der Waals surface area contributed by atoms with Crippen molar-refractivity contribution >= 4 is 19.1 Å². The minimum absolute atomic E-state index is 0.152. The van der Waals surface area contributed by atoms with E-state index in [4.69, 9.17) is 0 Å². The van der Waals surface area contributed by atoms with Crippen molar-refractivity contribution in [3.63, 3.8) is 0 Å². The van der Waals surface area contributed by atoms with E-state index in [1.165, 1.54) is 0 Å². The van der Waals surface area contributed by atoms with Gasteiger partial charge in [-0.15, -0.1) is 0 Å². The lowest BCUT2D eigenvalue weighted by molar-refractivity contribution is 0.883. The summed E-state index contributed by atoms with van der Waals surface area (Å²) in [6.45, 7) is 7.56. The predicted octanol–water partition coefficient (Wildman–Crippen LogP) is 5.48. The molecule has 0 aliphatic rings. The summed E-state index contributed by atoms with van der Waals surface area (Å²) in [7, 11) is 0. The van der Waals surface area contributed by atoms with Gasteiger partial charge in [-0.3, -0.25) is 9.98 Å². The van der Waals surface area contributed by atoms with Crippen molar-refractivity contribution in [2.75, 3.05) is 0 Å². The van der Waals surface area contributed by atoms with Crippen LogP contribution in [0, 0.1) is 0 Å². The first-order valence-electron chi connectivity index (χ1n) is 7.51. The summed E-state index contributed by atoms with van der Waals surface area (Å²) in [5, 5.41) is 0. The third-order valence-electron chi connectivity index (χ3n) is 3.90. The molecule has 0 bridgehead atoms. The molecule has 2 heteroatoms. The second-order valence-electron chi connectivity index (χ2n) is 5.26. The summed E-state index contributed by atoms with van der Waals surface area (Å²) in [6, 6.07) is 26.3. The van der Waals surface area contributed by atoms with Crippen molar-refractivity contribution in [2.45, 2.75) is 6.04 Å². The Bertz CT molecular complexity index is 808. The maximum Gasteiger partial charge on any atom is 0.101 e. The Morgan fingerprint density at radius 3 is 1.96 bits per heavy atom. The maximum absolute atomic E-state index is 4.33. The first-order valence-corrected chi connectivity index (χ1v) is 7.51. The number of para-hydroxylation sites is 1. The Kier molecular flexibility index (Phi) is 4.44. The average molecular weight is 298 g/mol. The molecule has 3 rings (SSSR count). The number of hydrogen-bond donors (Lipinski definition) is 0. The molecule has 0 aromatic heterocycles. The lowest BCUT2D eigenvalue weighted by atomic mass is 9.93. The zero-order valence-electron chi connectivity index (χ0n) is 12.9. The summed E-state index contributed by atoms with van der Waals surface area (Å²) < 4.78 is 0. The topological polar surface area (TPSA) is 24.7 Å². The minimum Gasteiger partial charge on any atom is -0.288 e. The van der Waals surface area contributed by atoms with Gasteiger partial charge in [0.05, 0.1) is 5.69 Å². The van der Waals surface area contributed by atoms with E-state index in [-0.39, 0.29) is 6.04 Å². The molecular weight excluding hydrogens is 280 g/mol. The van der Waals surface area contributed by atoms with Gasteiger partial charge in [0.15, 0.2) is 0 Å². The normalized spacial score (nSPS) is 11.7. The van der Waals surface area contributed by atoms with Crippen LogP contribution in [0.1, 0.15) is 17.2 Å². The standard InChI is InChI=1S/C21H18N2/c1-22-20(17-12-7-4-8-13-17)19-15-9-14-18(21(19)23-2)16-10-5-3-6-11-16/h3-15,20H,1-2H2. The predicted molar refractivity (Wildman–Crippen MR) is 98.9 cm³/mol. The molecule has 0 amide bonds. The van der Waals surface area contributed by atoms with Crippen LogP contribution in [0.25, 0.3) is 11.1 Å². The fourth-order valence-corrected chi connectivity index (χ4v) is 2.83. The molecule has 112 valence electrons. The van der Waals surface area contributed by atoms with Crippen LogP contribution < -0.4 is 0 Å². The van der Waals surface area contributed by atoms with Crippen LogP contribution in [0.4, 0.5) is 5.69 Å². The van der Waals surface area contributed by atoms with E-state index >= 15 is 0 Å². The Morgan fingerprint density at radius 1 is 0.696 bits per heavy atom. The van der Waals surface area contributed by atoms with Crippen molar-refractivity contribution < 1.29 is 0 Å². The van der Waals surface area contributed by atoms with Crippen LogP contribution >= 0.6 is 0 Å². The molecule has 0 N–H and O–H groups in total. The average Bonchev–Trinajstić information content (AvgIpc) is 2.64. The van der Waals surface area contributed by atoms with E-state index in [9.17, 15) is 0 Å². The lowest BCUT2D eigenvalue weighted by Crippen LogP contribution is -1.99. The number of rotatable bonds is 5. The molecule has 23 heavy (non-hydrogen) atoms. The fourth-order valence-electron chi connectivity index (χ4n) is 2.83. The zero-order chi connectivity index (χ0) is 16.1.